The van der Waals surface area contributed by atoms with Gasteiger partial charge in [-0.3, -0.25) is 29.8 Å². The van der Waals surface area contributed by atoms with Crippen molar-refractivity contribution < 1.29 is 23.9 Å². The standard InChI is InChI=1S/C8H13NO2.C7H11NO2S.C7H11NOS/c1-5-9-7(10)6(11-5)8(2,3)4;1-7(2,3)4-5(9)8-6(10)11-4;1-7(2,3)5-4-6(9)10-8-5/h6H,1H2,2-4H3,(H,9,10);4H,1-3H3,(H,8,9,10);4H2,1-3H3. The van der Waals surface area contributed by atoms with Crippen LogP contribution in [0.5, 0.6) is 0 Å². The van der Waals surface area contributed by atoms with Crippen LogP contribution in [-0.2, 0) is 19.1 Å². The summed E-state index contributed by atoms with van der Waals surface area (Å²) in [7, 11) is 0. The summed E-state index contributed by atoms with van der Waals surface area (Å²) in [6.07, 6.45) is 0.142. The Balaban J connectivity index is 0.000000240. The summed E-state index contributed by atoms with van der Waals surface area (Å²) in [6, 6.07) is 0. The Bertz CT molecular complexity index is 771. The first kappa shape index (κ1) is 28.2. The minimum Gasteiger partial charge on any atom is -0.466 e. The molecule has 3 rings (SSSR count). The van der Waals surface area contributed by atoms with E-state index in [1.807, 2.05) is 41.5 Å². The van der Waals surface area contributed by atoms with Crippen molar-refractivity contribution in [3.8, 4) is 0 Å². The summed E-state index contributed by atoms with van der Waals surface area (Å²) in [5.41, 5.74) is 0.784. The Labute approximate surface area is 199 Å². The monoisotopic (exact) mass is 485 g/mol. The first-order chi connectivity index (χ1) is 14.3. The SMILES string of the molecule is C=C1NC(=O)C(C(C)(C)C)O1.CC(C)(C)C1=NSC(=O)C1.CC(C)(C)C1SC(=O)NC1=O. The van der Waals surface area contributed by atoms with Crippen molar-refractivity contribution in [1.29, 1.82) is 0 Å². The van der Waals surface area contributed by atoms with Gasteiger partial charge in [0.25, 0.3) is 11.1 Å². The lowest BCUT2D eigenvalue weighted by atomic mass is 9.89. The summed E-state index contributed by atoms with van der Waals surface area (Å²) >= 11 is 2.16. The normalized spacial score (nSPS) is 23.4. The van der Waals surface area contributed by atoms with Crippen molar-refractivity contribution in [1.82, 2.24) is 10.6 Å². The van der Waals surface area contributed by atoms with Gasteiger partial charge in [0.15, 0.2) is 12.0 Å². The van der Waals surface area contributed by atoms with Gasteiger partial charge in [0.05, 0.1) is 11.7 Å². The number of nitrogens with zero attached hydrogens (tertiary/aromatic N) is 1. The average Bonchev–Trinajstić information content (AvgIpc) is 3.26. The van der Waals surface area contributed by atoms with Crippen LogP contribution in [-0.4, -0.2) is 39.2 Å². The van der Waals surface area contributed by atoms with E-state index in [2.05, 4.69) is 42.4 Å². The fourth-order valence-corrected chi connectivity index (χ4v) is 4.28. The second kappa shape index (κ2) is 10.4. The molecule has 0 spiro atoms. The molecule has 32 heavy (non-hydrogen) atoms. The lowest BCUT2D eigenvalue weighted by molar-refractivity contribution is -0.127. The molecule has 0 aromatic heterocycles. The fourth-order valence-electron chi connectivity index (χ4n) is 2.63. The number of ether oxygens (including phenoxy) is 1. The number of hydrogen-bond acceptors (Lipinski definition) is 8. The average molecular weight is 486 g/mol. The molecule has 0 aromatic carbocycles. The molecule has 8 nitrogen and oxygen atoms in total. The van der Waals surface area contributed by atoms with E-state index in [1.165, 1.54) is 0 Å². The van der Waals surface area contributed by atoms with E-state index in [4.69, 9.17) is 4.74 Å². The van der Waals surface area contributed by atoms with E-state index < -0.39 is 6.10 Å². The van der Waals surface area contributed by atoms with Gasteiger partial charge in [-0.2, -0.15) is 0 Å². The molecule has 0 bridgehead atoms. The number of rotatable bonds is 0. The van der Waals surface area contributed by atoms with Crippen LogP contribution in [0.2, 0.25) is 0 Å². The van der Waals surface area contributed by atoms with Crippen LogP contribution in [0.15, 0.2) is 16.9 Å². The highest BCUT2D eigenvalue weighted by atomic mass is 32.2. The van der Waals surface area contributed by atoms with E-state index in [0.717, 1.165) is 29.4 Å². The topological polar surface area (TPSA) is 114 Å². The zero-order valence-corrected chi connectivity index (χ0v) is 22.0. The zero-order valence-electron chi connectivity index (χ0n) is 20.4. The second-order valence-electron chi connectivity index (χ2n) is 10.8. The van der Waals surface area contributed by atoms with Gasteiger partial charge in [-0.15, -0.1) is 0 Å². The van der Waals surface area contributed by atoms with Crippen LogP contribution in [0.3, 0.4) is 0 Å². The molecule has 3 heterocycles. The van der Waals surface area contributed by atoms with Crippen LogP contribution in [0.1, 0.15) is 68.7 Å². The third-order valence-electron chi connectivity index (χ3n) is 4.46. The minimum absolute atomic E-state index is 0.0686. The maximum atomic E-state index is 11.1. The van der Waals surface area contributed by atoms with E-state index in [1.54, 1.807) is 0 Å². The smallest absolute Gasteiger partial charge is 0.286 e. The number of imide groups is 1. The number of hydrogen-bond donors (Lipinski definition) is 2. The van der Waals surface area contributed by atoms with Crippen LogP contribution in [0, 0.1) is 16.2 Å². The van der Waals surface area contributed by atoms with Gasteiger partial charge in [0, 0.05) is 28.5 Å². The van der Waals surface area contributed by atoms with Crippen LogP contribution in [0.4, 0.5) is 4.79 Å². The first-order valence-corrected chi connectivity index (χ1v) is 11.9. The Morgan fingerprint density at radius 2 is 1.47 bits per heavy atom. The Morgan fingerprint density at radius 1 is 0.906 bits per heavy atom. The van der Waals surface area contributed by atoms with Crippen molar-refractivity contribution in [2.45, 2.75) is 80.1 Å². The van der Waals surface area contributed by atoms with Gasteiger partial charge in [0.1, 0.15) is 0 Å². The molecule has 2 N–H and O–H groups in total. The molecule has 2 unspecified atom stereocenters. The van der Waals surface area contributed by atoms with Crippen LogP contribution < -0.4 is 10.6 Å². The van der Waals surface area contributed by atoms with Crippen molar-refractivity contribution in [3.05, 3.63) is 12.5 Å². The quantitative estimate of drug-likeness (QED) is 0.487. The highest BCUT2D eigenvalue weighted by Crippen LogP contribution is 2.34. The highest BCUT2D eigenvalue weighted by Gasteiger charge is 2.40. The van der Waals surface area contributed by atoms with Crippen molar-refractivity contribution >= 4 is 51.6 Å². The molecule has 3 aliphatic rings. The molecule has 180 valence electrons. The lowest BCUT2D eigenvalue weighted by Crippen LogP contribution is -2.34. The molecular weight excluding hydrogens is 450 g/mol. The maximum Gasteiger partial charge on any atom is 0.286 e. The third-order valence-corrected chi connectivity index (χ3v) is 6.59. The summed E-state index contributed by atoms with van der Waals surface area (Å²) in [4.78, 5) is 43.7. The summed E-state index contributed by atoms with van der Waals surface area (Å²) < 4.78 is 9.25. The number of carbonyl (C=O) groups excluding carboxylic acids is 4. The van der Waals surface area contributed by atoms with Crippen molar-refractivity contribution in [2.24, 2.45) is 20.6 Å². The van der Waals surface area contributed by atoms with E-state index in [0.29, 0.717) is 12.3 Å². The summed E-state index contributed by atoms with van der Waals surface area (Å²) in [6.45, 7) is 21.4. The first-order valence-electron chi connectivity index (χ1n) is 10.3. The van der Waals surface area contributed by atoms with E-state index >= 15 is 0 Å². The highest BCUT2D eigenvalue weighted by molar-refractivity contribution is 8.15. The number of carbonyl (C=O) groups is 4. The number of amides is 3. The molecule has 0 radical (unpaired) electrons. The summed E-state index contributed by atoms with van der Waals surface area (Å²) in [5.74, 6) is 0.102. The zero-order chi connectivity index (χ0) is 25.1. The van der Waals surface area contributed by atoms with Gasteiger partial charge in [-0.05, 0) is 12.0 Å². The predicted octanol–water partition coefficient (Wildman–Crippen LogP) is 4.45. The van der Waals surface area contributed by atoms with E-state index in [9.17, 15) is 19.2 Å². The van der Waals surface area contributed by atoms with Gasteiger partial charge < -0.3 is 4.74 Å². The lowest BCUT2D eigenvalue weighted by Gasteiger charge is -2.22. The number of thioether (sulfide) groups is 1. The maximum absolute atomic E-state index is 11.1. The molecule has 0 aliphatic carbocycles. The molecule has 2 fully saturated rings. The minimum atomic E-state index is -0.394. The van der Waals surface area contributed by atoms with Crippen molar-refractivity contribution in [2.75, 3.05) is 0 Å². The fraction of sp³-hybridized carbons (Fsp3) is 0.682. The molecular formula is C22H35N3O5S2. The Kier molecular flexibility index (Phi) is 9.19. The molecule has 2 atom stereocenters. The molecule has 2 saturated heterocycles. The second-order valence-corrected chi connectivity index (χ2v) is 12.7. The molecule has 10 heteroatoms. The molecule has 3 aliphatic heterocycles. The van der Waals surface area contributed by atoms with Gasteiger partial charge in [-0.1, -0.05) is 74.1 Å². The Hall–Kier alpha value is -1.81. The number of nitrogens with one attached hydrogen (secondary N) is 2. The summed E-state index contributed by atoms with van der Waals surface area (Å²) in [5, 5.41) is 4.49. The molecule has 0 saturated carbocycles. The van der Waals surface area contributed by atoms with Gasteiger partial charge in [0.2, 0.25) is 11.0 Å². The third kappa shape index (κ3) is 8.61. The molecule has 0 aromatic rings. The van der Waals surface area contributed by atoms with Crippen LogP contribution >= 0.6 is 23.7 Å². The Morgan fingerprint density at radius 3 is 1.66 bits per heavy atom. The van der Waals surface area contributed by atoms with Gasteiger partial charge >= 0.3 is 0 Å². The largest absolute Gasteiger partial charge is 0.466 e. The van der Waals surface area contributed by atoms with Crippen molar-refractivity contribution in [3.63, 3.8) is 0 Å². The van der Waals surface area contributed by atoms with Crippen LogP contribution in [0.25, 0.3) is 0 Å². The molecule has 3 amide bonds. The predicted molar refractivity (Wildman–Crippen MR) is 130 cm³/mol. The van der Waals surface area contributed by atoms with Gasteiger partial charge in [-0.25, -0.2) is 4.40 Å². The van der Waals surface area contributed by atoms with E-state index in [-0.39, 0.29) is 43.7 Å².